The molecule has 1 saturated carbocycles. The Kier molecular flexibility index (Phi) is 3.72. The molecule has 1 aliphatic rings. The molecule has 3 rings (SSSR count). The Labute approximate surface area is 120 Å². The van der Waals surface area contributed by atoms with Crippen molar-refractivity contribution in [3.63, 3.8) is 0 Å². The number of anilines is 1. The van der Waals surface area contributed by atoms with Crippen LogP contribution in [0.2, 0.25) is 0 Å². The van der Waals surface area contributed by atoms with Crippen molar-refractivity contribution in [2.24, 2.45) is 0 Å². The lowest BCUT2D eigenvalue weighted by atomic mass is 9.96. The highest BCUT2D eigenvalue weighted by molar-refractivity contribution is 5.43. The van der Waals surface area contributed by atoms with Crippen LogP contribution in [0, 0.1) is 13.8 Å². The van der Waals surface area contributed by atoms with Crippen molar-refractivity contribution in [3.8, 4) is 5.69 Å². The Hall–Kier alpha value is -1.84. The lowest BCUT2D eigenvalue weighted by Gasteiger charge is -2.23. The van der Waals surface area contributed by atoms with Gasteiger partial charge in [-0.25, -0.2) is 4.98 Å². The Morgan fingerprint density at radius 2 is 1.95 bits per heavy atom. The number of hydrogen-bond donors (Lipinski definition) is 1. The fraction of sp³-hybridized carbons (Fsp3) is 0.500. The zero-order valence-electron chi connectivity index (χ0n) is 12.3. The lowest BCUT2D eigenvalue weighted by molar-refractivity contribution is 0.460. The molecule has 20 heavy (non-hydrogen) atoms. The number of nitrogens with one attached hydrogen (secondary N) is 1. The van der Waals surface area contributed by atoms with E-state index in [0.717, 1.165) is 22.9 Å². The third kappa shape index (κ3) is 2.84. The van der Waals surface area contributed by atoms with Crippen LogP contribution >= 0.6 is 0 Å². The second-order valence-electron chi connectivity index (χ2n) is 5.78. The van der Waals surface area contributed by atoms with E-state index in [9.17, 15) is 0 Å². The highest BCUT2D eigenvalue weighted by atomic mass is 15.2. The van der Waals surface area contributed by atoms with Crippen LogP contribution in [0.25, 0.3) is 5.69 Å². The molecule has 0 saturated heterocycles. The number of hydrogen-bond acceptors (Lipinski definition) is 3. The van der Waals surface area contributed by atoms with Gasteiger partial charge in [0, 0.05) is 18.4 Å². The Morgan fingerprint density at radius 1 is 1.15 bits per heavy atom. The normalized spacial score (nSPS) is 16.3. The first kappa shape index (κ1) is 13.2. The largest absolute Gasteiger partial charge is 0.353 e. The Bertz CT molecular complexity index is 582. The summed E-state index contributed by atoms with van der Waals surface area (Å²) in [5.74, 6) is 0.946. The van der Waals surface area contributed by atoms with Crippen LogP contribution in [-0.2, 0) is 0 Å². The van der Waals surface area contributed by atoms with E-state index >= 15 is 0 Å². The Balaban J connectivity index is 1.87. The van der Waals surface area contributed by atoms with Crippen molar-refractivity contribution in [2.45, 2.75) is 52.0 Å². The van der Waals surface area contributed by atoms with Crippen molar-refractivity contribution < 1.29 is 0 Å². The average Bonchev–Trinajstić information content (AvgIpc) is 2.81. The molecule has 0 aliphatic heterocycles. The molecule has 2 heterocycles. The highest BCUT2D eigenvalue weighted by Crippen LogP contribution is 2.23. The van der Waals surface area contributed by atoms with Crippen molar-refractivity contribution in [3.05, 3.63) is 35.9 Å². The average molecular weight is 270 g/mol. The highest BCUT2D eigenvalue weighted by Gasteiger charge is 2.16. The zero-order chi connectivity index (χ0) is 13.9. The molecule has 0 unspecified atom stereocenters. The van der Waals surface area contributed by atoms with E-state index in [-0.39, 0.29) is 0 Å². The van der Waals surface area contributed by atoms with Gasteiger partial charge in [0.15, 0.2) is 0 Å². The number of aromatic nitrogens is 3. The predicted octanol–water partition coefficient (Wildman–Crippen LogP) is 3.63. The first-order chi connectivity index (χ1) is 9.72. The van der Waals surface area contributed by atoms with E-state index in [4.69, 9.17) is 0 Å². The van der Waals surface area contributed by atoms with Gasteiger partial charge in [-0.1, -0.05) is 19.3 Å². The number of aryl methyl sites for hydroxylation is 2. The maximum atomic E-state index is 4.63. The van der Waals surface area contributed by atoms with Gasteiger partial charge in [-0.15, -0.1) is 0 Å². The summed E-state index contributed by atoms with van der Waals surface area (Å²) in [6.45, 7) is 4.10. The summed E-state index contributed by atoms with van der Waals surface area (Å²) in [6.07, 6.45) is 12.3. The summed E-state index contributed by atoms with van der Waals surface area (Å²) >= 11 is 0. The van der Waals surface area contributed by atoms with Crippen LogP contribution in [0.1, 0.15) is 43.4 Å². The molecule has 106 valence electrons. The van der Waals surface area contributed by atoms with Crippen LogP contribution in [0.15, 0.2) is 24.7 Å². The summed E-state index contributed by atoms with van der Waals surface area (Å²) in [5, 5.41) is 3.61. The molecule has 4 nitrogen and oxygen atoms in total. The zero-order valence-corrected chi connectivity index (χ0v) is 12.3. The lowest BCUT2D eigenvalue weighted by Crippen LogP contribution is -2.24. The van der Waals surface area contributed by atoms with Gasteiger partial charge in [0.2, 0.25) is 5.95 Å². The van der Waals surface area contributed by atoms with Crippen LogP contribution in [-0.4, -0.2) is 20.6 Å². The monoisotopic (exact) mass is 270 g/mol. The van der Waals surface area contributed by atoms with Crippen LogP contribution < -0.4 is 5.32 Å². The first-order valence-electron chi connectivity index (χ1n) is 7.47. The molecular weight excluding hydrogens is 248 g/mol. The molecule has 0 spiro atoms. The van der Waals surface area contributed by atoms with Gasteiger partial charge in [0.25, 0.3) is 0 Å². The second kappa shape index (κ2) is 5.65. The number of pyridine rings is 1. The van der Waals surface area contributed by atoms with E-state index in [2.05, 4.69) is 39.0 Å². The summed E-state index contributed by atoms with van der Waals surface area (Å²) in [5.41, 5.74) is 3.27. The van der Waals surface area contributed by atoms with Gasteiger partial charge < -0.3 is 5.32 Å². The molecule has 1 N–H and O–H groups in total. The second-order valence-corrected chi connectivity index (χ2v) is 5.78. The van der Waals surface area contributed by atoms with Crippen LogP contribution in [0.5, 0.6) is 0 Å². The summed E-state index contributed by atoms with van der Waals surface area (Å²) < 4.78 is 2.12. The SMILES string of the molecule is Cc1cncc(-n2cc(C)nc2NC2CCCCC2)c1. The minimum atomic E-state index is 0.557. The molecule has 2 aromatic rings. The summed E-state index contributed by atoms with van der Waals surface area (Å²) in [7, 11) is 0. The standard InChI is InChI=1S/C16H22N4/c1-12-8-15(10-17-9-12)20-11-13(2)18-16(20)19-14-6-4-3-5-7-14/h8-11,14H,3-7H2,1-2H3,(H,18,19). The number of rotatable bonds is 3. The maximum absolute atomic E-state index is 4.63. The van der Waals surface area contributed by atoms with Gasteiger partial charge in [-0.2, -0.15) is 0 Å². The fourth-order valence-electron chi connectivity index (χ4n) is 2.90. The molecule has 1 aliphatic carbocycles. The molecule has 0 amide bonds. The Morgan fingerprint density at radius 3 is 2.70 bits per heavy atom. The van der Waals surface area contributed by atoms with Crippen LogP contribution in [0.3, 0.4) is 0 Å². The van der Waals surface area contributed by atoms with Crippen molar-refractivity contribution in [2.75, 3.05) is 5.32 Å². The van der Waals surface area contributed by atoms with Crippen molar-refractivity contribution in [1.82, 2.24) is 14.5 Å². The van der Waals surface area contributed by atoms with E-state index in [1.807, 2.05) is 19.3 Å². The third-order valence-electron chi connectivity index (χ3n) is 3.90. The smallest absolute Gasteiger partial charge is 0.208 e. The molecule has 1 fully saturated rings. The third-order valence-corrected chi connectivity index (χ3v) is 3.90. The fourth-order valence-corrected chi connectivity index (χ4v) is 2.90. The molecule has 4 heteroatoms. The van der Waals surface area contributed by atoms with Gasteiger partial charge >= 0.3 is 0 Å². The van der Waals surface area contributed by atoms with E-state index in [1.165, 1.54) is 32.1 Å². The number of imidazole rings is 1. The summed E-state index contributed by atoms with van der Waals surface area (Å²) in [6, 6.07) is 2.70. The van der Waals surface area contributed by atoms with Gasteiger partial charge in [-0.05, 0) is 38.3 Å². The first-order valence-corrected chi connectivity index (χ1v) is 7.47. The van der Waals surface area contributed by atoms with Gasteiger partial charge in [0.1, 0.15) is 0 Å². The predicted molar refractivity (Wildman–Crippen MR) is 81.3 cm³/mol. The van der Waals surface area contributed by atoms with E-state index < -0.39 is 0 Å². The van der Waals surface area contributed by atoms with Gasteiger partial charge in [-0.3, -0.25) is 9.55 Å². The van der Waals surface area contributed by atoms with Crippen molar-refractivity contribution >= 4 is 5.95 Å². The van der Waals surface area contributed by atoms with Gasteiger partial charge in [0.05, 0.1) is 17.6 Å². The quantitative estimate of drug-likeness (QED) is 0.926. The molecule has 0 radical (unpaired) electrons. The van der Waals surface area contributed by atoms with Crippen LogP contribution in [0.4, 0.5) is 5.95 Å². The van der Waals surface area contributed by atoms with E-state index in [0.29, 0.717) is 6.04 Å². The van der Waals surface area contributed by atoms with E-state index in [1.54, 1.807) is 0 Å². The topological polar surface area (TPSA) is 42.7 Å². The molecular formula is C16H22N4. The van der Waals surface area contributed by atoms with Crippen molar-refractivity contribution in [1.29, 1.82) is 0 Å². The number of nitrogens with zero attached hydrogens (tertiary/aromatic N) is 3. The molecule has 2 aromatic heterocycles. The summed E-state index contributed by atoms with van der Waals surface area (Å²) in [4.78, 5) is 8.92. The minimum Gasteiger partial charge on any atom is -0.353 e. The molecule has 0 aromatic carbocycles. The molecule has 0 bridgehead atoms. The minimum absolute atomic E-state index is 0.557. The molecule has 0 atom stereocenters. The maximum Gasteiger partial charge on any atom is 0.208 e.